The summed E-state index contributed by atoms with van der Waals surface area (Å²) in [5, 5.41) is 20.5. The van der Waals surface area contributed by atoms with E-state index in [4.69, 9.17) is 0 Å². The second kappa shape index (κ2) is 7.36. The molecule has 116 valence electrons. The van der Waals surface area contributed by atoms with E-state index in [1.807, 2.05) is 6.07 Å². The minimum Gasteiger partial charge on any atom is -0.393 e. The summed E-state index contributed by atoms with van der Waals surface area (Å²) >= 11 is 0. The first-order valence-corrected chi connectivity index (χ1v) is 7.61. The van der Waals surface area contributed by atoms with E-state index in [0.717, 1.165) is 38.2 Å². The van der Waals surface area contributed by atoms with E-state index in [0.29, 0.717) is 18.2 Å². The molecule has 1 aliphatic rings. The normalized spacial score (nSPS) is 16.3. The minimum atomic E-state index is -0.208. The molecule has 2 rings (SSSR count). The van der Waals surface area contributed by atoms with Gasteiger partial charge in [0.05, 0.1) is 6.10 Å². The highest BCUT2D eigenvalue weighted by Crippen LogP contribution is 2.17. The number of rotatable bonds is 5. The maximum Gasteiger partial charge on any atom is 0.271 e. The van der Waals surface area contributed by atoms with E-state index in [-0.39, 0.29) is 12.0 Å². The lowest BCUT2D eigenvalue weighted by molar-refractivity contribution is 0.0946. The number of hydrogen-bond acceptors (Lipinski definition) is 5. The molecule has 0 aromatic carbocycles. The number of hydrogen-bond donors (Lipinski definition) is 2. The fraction of sp³-hybridized carbons (Fsp3) is 0.667. The van der Waals surface area contributed by atoms with E-state index in [1.54, 1.807) is 6.07 Å². The van der Waals surface area contributed by atoms with Crippen LogP contribution in [-0.2, 0) is 0 Å². The third-order valence-corrected chi connectivity index (χ3v) is 3.68. The van der Waals surface area contributed by atoms with Crippen molar-refractivity contribution in [3.8, 4) is 0 Å². The molecular weight excluding hydrogens is 268 g/mol. The number of carbonyl (C=O) groups excluding carboxylic acids is 1. The van der Waals surface area contributed by atoms with Crippen molar-refractivity contribution in [1.29, 1.82) is 0 Å². The lowest BCUT2D eigenvalue weighted by Gasteiger charge is -2.30. The Morgan fingerprint density at radius 2 is 2.10 bits per heavy atom. The van der Waals surface area contributed by atoms with Gasteiger partial charge in [0.25, 0.3) is 5.91 Å². The van der Waals surface area contributed by atoms with Crippen molar-refractivity contribution in [2.75, 3.05) is 24.5 Å². The predicted molar refractivity (Wildman–Crippen MR) is 81.3 cm³/mol. The van der Waals surface area contributed by atoms with Gasteiger partial charge in [0.1, 0.15) is 0 Å². The van der Waals surface area contributed by atoms with Gasteiger partial charge in [-0.2, -0.15) is 0 Å². The van der Waals surface area contributed by atoms with Crippen LogP contribution in [0.25, 0.3) is 0 Å². The second-order valence-corrected chi connectivity index (χ2v) is 5.93. The number of piperidine rings is 1. The Morgan fingerprint density at radius 1 is 1.38 bits per heavy atom. The molecule has 0 bridgehead atoms. The quantitative estimate of drug-likeness (QED) is 0.853. The molecule has 1 saturated heterocycles. The average Bonchev–Trinajstić information content (AvgIpc) is 2.48. The largest absolute Gasteiger partial charge is 0.393 e. The average molecular weight is 292 g/mol. The van der Waals surface area contributed by atoms with Crippen LogP contribution >= 0.6 is 0 Å². The number of aliphatic hydroxyl groups is 1. The van der Waals surface area contributed by atoms with Crippen LogP contribution in [0.1, 0.15) is 43.6 Å². The van der Waals surface area contributed by atoms with Crippen LogP contribution in [0.15, 0.2) is 12.1 Å². The topological polar surface area (TPSA) is 78.4 Å². The van der Waals surface area contributed by atoms with Crippen molar-refractivity contribution in [3.05, 3.63) is 17.8 Å². The van der Waals surface area contributed by atoms with Crippen LogP contribution in [0.3, 0.4) is 0 Å². The molecule has 21 heavy (non-hydrogen) atoms. The summed E-state index contributed by atoms with van der Waals surface area (Å²) in [5.41, 5.74) is 0.347. The van der Waals surface area contributed by atoms with Crippen LogP contribution in [0, 0.1) is 5.92 Å². The van der Waals surface area contributed by atoms with Gasteiger partial charge in [0.15, 0.2) is 11.5 Å². The van der Waals surface area contributed by atoms with Crippen molar-refractivity contribution >= 4 is 11.7 Å². The summed E-state index contributed by atoms with van der Waals surface area (Å²) in [7, 11) is 0. The molecule has 1 aromatic heterocycles. The summed E-state index contributed by atoms with van der Waals surface area (Å²) in [6.07, 6.45) is 2.24. The molecule has 2 heterocycles. The number of amides is 1. The number of nitrogens with one attached hydrogen (secondary N) is 1. The lowest BCUT2D eigenvalue weighted by atomic mass is 10.1. The van der Waals surface area contributed by atoms with Crippen LogP contribution in [0.5, 0.6) is 0 Å². The molecule has 0 spiro atoms. The zero-order chi connectivity index (χ0) is 15.2. The van der Waals surface area contributed by atoms with Gasteiger partial charge >= 0.3 is 0 Å². The van der Waals surface area contributed by atoms with Gasteiger partial charge in [-0.1, -0.05) is 13.8 Å². The van der Waals surface area contributed by atoms with Crippen molar-refractivity contribution in [2.45, 2.75) is 39.2 Å². The van der Waals surface area contributed by atoms with Gasteiger partial charge in [0.2, 0.25) is 0 Å². The maximum atomic E-state index is 11.9. The van der Waals surface area contributed by atoms with Crippen molar-refractivity contribution in [2.24, 2.45) is 5.92 Å². The molecule has 0 radical (unpaired) electrons. The van der Waals surface area contributed by atoms with E-state index in [9.17, 15) is 9.90 Å². The molecule has 0 unspecified atom stereocenters. The fourth-order valence-electron chi connectivity index (χ4n) is 2.27. The van der Waals surface area contributed by atoms with Crippen LogP contribution < -0.4 is 10.2 Å². The third-order valence-electron chi connectivity index (χ3n) is 3.68. The van der Waals surface area contributed by atoms with Crippen LogP contribution in [0.4, 0.5) is 5.82 Å². The highest BCUT2D eigenvalue weighted by Gasteiger charge is 2.18. The van der Waals surface area contributed by atoms with E-state index < -0.39 is 0 Å². The minimum absolute atomic E-state index is 0.177. The van der Waals surface area contributed by atoms with Gasteiger partial charge in [0, 0.05) is 19.6 Å². The zero-order valence-corrected chi connectivity index (χ0v) is 12.7. The summed E-state index contributed by atoms with van der Waals surface area (Å²) in [5.74, 6) is 1.15. The highest BCUT2D eigenvalue weighted by atomic mass is 16.3. The van der Waals surface area contributed by atoms with Gasteiger partial charge < -0.3 is 15.3 Å². The molecule has 1 fully saturated rings. The Hall–Kier alpha value is -1.69. The Bertz CT molecular complexity index is 453. The van der Waals surface area contributed by atoms with E-state index in [1.165, 1.54) is 0 Å². The Balaban J connectivity index is 1.88. The van der Waals surface area contributed by atoms with Crippen LogP contribution in [0.2, 0.25) is 0 Å². The molecule has 0 saturated carbocycles. The lowest BCUT2D eigenvalue weighted by Crippen LogP contribution is -2.36. The SMILES string of the molecule is CC(C)CCNC(=O)c1ccc(N2CCC(O)CC2)nn1. The molecule has 6 nitrogen and oxygen atoms in total. The Kier molecular flexibility index (Phi) is 5.50. The van der Waals surface area contributed by atoms with Crippen molar-refractivity contribution in [1.82, 2.24) is 15.5 Å². The maximum absolute atomic E-state index is 11.9. The summed E-state index contributed by atoms with van der Waals surface area (Å²) in [6.45, 7) is 6.45. The molecule has 0 atom stereocenters. The van der Waals surface area contributed by atoms with E-state index in [2.05, 4.69) is 34.3 Å². The fourth-order valence-corrected chi connectivity index (χ4v) is 2.27. The van der Waals surface area contributed by atoms with Gasteiger partial charge in [-0.3, -0.25) is 4.79 Å². The first kappa shape index (κ1) is 15.7. The summed E-state index contributed by atoms with van der Waals surface area (Å²) in [6, 6.07) is 3.53. The molecular formula is C15H24N4O2. The van der Waals surface area contributed by atoms with E-state index >= 15 is 0 Å². The molecule has 1 aliphatic heterocycles. The summed E-state index contributed by atoms with van der Waals surface area (Å²) in [4.78, 5) is 14.0. The molecule has 6 heteroatoms. The molecule has 2 N–H and O–H groups in total. The third kappa shape index (κ3) is 4.67. The molecule has 1 amide bonds. The number of aromatic nitrogens is 2. The van der Waals surface area contributed by atoms with Crippen LogP contribution in [-0.4, -0.2) is 46.9 Å². The zero-order valence-electron chi connectivity index (χ0n) is 12.7. The standard InChI is InChI=1S/C15H24N4O2/c1-11(2)5-8-16-15(21)13-3-4-14(18-17-13)19-9-6-12(20)7-10-19/h3-4,11-12,20H,5-10H2,1-2H3,(H,16,21). The van der Waals surface area contributed by atoms with Gasteiger partial charge in [-0.15, -0.1) is 10.2 Å². The van der Waals surface area contributed by atoms with Crippen molar-refractivity contribution in [3.63, 3.8) is 0 Å². The second-order valence-electron chi connectivity index (χ2n) is 5.93. The monoisotopic (exact) mass is 292 g/mol. The smallest absolute Gasteiger partial charge is 0.271 e. The molecule has 1 aromatic rings. The number of nitrogens with zero attached hydrogens (tertiary/aromatic N) is 3. The first-order valence-electron chi connectivity index (χ1n) is 7.61. The Labute approximate surface area is 125 Å². The Morgan fingerprint density at radius 3 is 2.67 bits per heavy atom. The van der Waals surface area contributed by atoms with Gasteiger partial charge in [-0.25, -0.2) is 0 Å². The predicted octanol–water partition coefficient (Wildman–Crippen LogP) is 1.21. The number of aliphatic hydroxyl groups excluding tert-OH is 1. The first-order chi connectivity index (χ1) is 10.1. The number of carbonyl (C=O) groups is 1. The van der Waals surface area contributed by atoms with Gasteiger partial charge in [-0.05, 0) is 37.3 Å². The summed E-state index contributed by atoms with van der Waals surface area (Å²) < 4.78 is 0. The molecule has 0 aliphatic carbocycles. The highest BCUT2D eigenvalue weighted by molar-refractivity contribution is 5.92. The van der Waals surface area contributed by atoms with Crippen molar-refractivity contribution < 1.29 is 9.90 Å². The number of anilines is 1.